The summed E-state index contributed by atoms with van der Waals surface area (Å²) in [6, 6.07) is 8.65. The van der Waals surface area contributed by atoms with E-state index in [0.717, 1.165) is 10.6 Å². The second-order valence-electron chi connectivity index (χ2n) is 8.29. The van der Waals surface area contributed by atoms with Crippen molar-refractivity contribution in [3.63, 3.8) is 0 Å². The molecule has 0 radical (unpaired) electrons. The van der Waals surface area contributed by atoms with Crippen LogP contribution in [0.15, 0.2) is 36.4 Å². The van der Waals surface area contributed by atoms with Gasteiger partial charge in [-0.1, -0.05) is 36.2 Å². The van der Waals surface area contributed by atoms with Crippen molar-refractivity contribution in [3.8, 4) is 11.5 Å². The molecule has 3 rings (SSSR count). The van der Waals surface area contributed by atoms with Crippen LogP contribution in [0.5, 0.6) is 11.5 Å². The first-order valence-corrected chi connectivity index (χ1v) is 14.0. The lowest BCUT2D eigenvalue weighted by atomic mass is 10.1. The van der Waals surface area contributed by atoms with Gasteiger partial charge in [0, 0.05) is 34.8 Å². The lowest BCUT2D eigenvalue weighted by molar-refractivity contribution is -0.139. The Morgan fingerprint density at radius 2 is 1.72 bits per heavy atom. The number of rotatable bonds is 10. The van der Waals surface area contributed by atoms with Crippen molar-refractivity contribution in [2.24, 2.45) is 0 Å². The number of carbonyl (C=O) groups is 2. The zero-order valence-corrected chi connectivity index (χ0v) is 22.6. The minimum atomic E-state index is -3.89. The van der Waals surface area contributed by atoms with Gasteiger partial charge in [-0.3, -0.25) is 13.9 Å². The molecule has 196 valence electrons. The third-order valence-corrected chi connectivity index (χ3v) is 7.45. The molecule has 2 aromatic carbocycles. The van der Waals surface area contributed by atoms with E-state index in [9.17, 15) is 18.0 Å². The molecule has 0 saturated heterocycles. The number of amides is 2. The Hall–Kier alpha value is -2.69. The predicted molar refractivity (Wildman–Crippen MR) is 139 cm³/mol. The molecule has 1 atom stereocenters. The number of sulfonamides is 1. The first kappa shape index (κ1) is 27.9. The maximum Gasteiger partial charge on any atom is 0.244 e. The van der Waals surface area contributed by atoms with Crippen LogP contribution in [-0.2, 0) is 26.2 Å². The topological polar surface area (TPSA) is 105 Å². The summed E-state index contributed by atoms with van der Waals surface area (Å²) in [4.78, 5) is 27.7. The van der Waals surface area contributed by atoms with E-state index in [1.165, 1.54) is 17.0 Å². The molecule has 0 spiro atoms. The van der Waals surface area contributed by atoms with Crippen LogP contribution in [0.4, 0.5) is 5.69 Å². The minimum Gasteiger partial charge on any atom is -0.486 e. The Bertz CT molecular complexity index is 1200. The number of nitrogens with one attached hydrogen (secondary N) is 1. The fourth-order valence-electron chi connectivity index (χ4n) is 3.63. The van der Waals surface area contributed by atoms with Gasteiger partial charge in [-0.25, -0.2) is 8.42 Å². The first-order chi connectivity index (χ1) is 17.0. The molecule has 12 heteroatoms. The number of ether oxygens (including phenoxy) is 2. The molecule has 1 aliphatic heterocycles. The highest BCUT2D eigenvalue weighted by molar-refractivity contribution is 7.92. The predicted octanol–water partition coefficient (Wildman–Crippen LogP) is 3.47. The molecule has 0 aliphatic carbocycles. The highest BCUT2D eigenvalue weighted by Crippen LogP contribution is 2.35. The summed E-state index contributed by atoms with van der Waals surface area (Å²) >= 11 is 12.7. The van der Waals surface area contributed by atoms with E-state index >= 15 is 0 Å². The number of fused-ring (bicyclic) bond motifs is 1. The molecule has 1 aliphatic rings. The molecule has 1 heterocycles. The Kier molecular flexibility index (Phi) is 9.32. The van der Waals surface area contributed by atoms with Gasteiger partial charge < -0.3 is 19.7 Å². The summed E-state index contributed by atoms with van der Waals surface area (Å²) < 4.78 is 37.5. The highest BCUT2D eigenvalue weighted by atomic mass is 35.5. The standard InChI is InChI=1S/C24H29Cl2N3O6S/c1-4-10-27-24(31)16(2)28(14-18-19(25)6-5-7-20(18)26)23(30)15-29(36(3,32)33)17-8-9-21-22(13-17)35-12-11-34-21/h5-9,13,16H,4,10-12,14-15H2,1-3H3,(H,27,31)/t16-/m0/s1. The van der Waals surface area contributed by atoms with Crippen LogP contribution in [0.25, 0.3) is 0 Å². The second-order valence-corrected chi connectivity index (χ2v) is 11.0. The Morgan fingerprint density at radius 1 is 1.08 bits per heavy atom. The van der Waals surface area contributed by atoms with Crippen molar-refractivity contribution >= 4 is 50.7 Å². The number of anilines is 1. The van der Waals surface area contributed by atoms with Crippen LogP contribution in [0, 0.1) is 0 Å². The van der Waals surface area contributed by atoms with Crippen molar-refractivity contribution in [1.29, 1.82) is 0 Å². The molecule has 36 heavy (non-hydrogen) atoms. The smallest absolute Gasteiger partial charge is 0.244 e. The summed E-state index contributed by atoms with van der Waals surface area (Å²) in [7, 11) is -3.89. The van der Waals surface area contributed by atoms with Gasteiger partial charge in [0.25, 0.3) is 0 Å². The van der Waals surface area contributed by atoms with E-state index in [1.807, 2.05) is 6.92 Å². The molecule has 0 unspecified atom stereocenters. The van der Waals surface area contributed by atoms with Crippen LogP contribution in [0.2, 0.25) is 10.0 Å². The fourth-order valence-corrected chi connectivity index (χ4v) is 4.99. The summed E-state index contributed by atoms with van der Waals surface area (Å²) in [5.74, 6) is -0.114. The maximum atomic E-state index is 13.6. The zero-order chi connectivity index (χ0) is 26.5. The van der Waals surface area contributed by atoms with E-state index in [1.54, 1.807) is 31.2 Å². The summed E-state index contributed by atoms with van der Waals surface area (Å²) in [6.45, 7) is 3.99. The molecule has 0 aromatic heterocycles. The summed E-state index contributed by atoms with van der Waals surface area (Å²) in [5.41, 5.74) is 0.684. The Balaban J connectivity index is 1.95. The van der Waals surface area contributed by atoms with Crippen molar-refractivity contribution in [3.05, 3.63) is 52.0 Å². The average molecular weight is 558 g/mol. The molecular formula is C24H29Cl2N3O6S. The van der Waals surface area contributed by atoms with Gasteiger partial charge in [0.15, 0.2) is 11.5 Å². The van der Waals surface area contributed by atoms with Crippen molar-refractivity contribution in [2.45, 2.75) is 32.9 Å². The largest absolute Gasteiger partial charge is 0.486 e. The molecule has 1 N–H and O–H groups in total. The average Bonchev–Trinajstić information content (AvgIpc) is 2.84. The monoisotopic (exact) mass is 557 g/mol. The molecule has 2 amide bonds. The summed E-state index contributed by atoms with van der Waals surface area (Å²) in [6.07, 6.45) is 1.72. The molecule has 9 nitrogen and oxygen atoms in total. The minimum absolute atomic E-state index is 0.0865. The maximum absolute atomic E-state index is 13.6. The number of nitrogens with zero attached hydrogens (tertiary/aromatic N) is 2. The van der Waals surface area contributed by atoms with Gasteiger partial charge in [-0.15, -0.1) is 0 Å². The first-order valence-electron chi connectivity index (χ1n) is 11.4. The van der Waals surface area contributed by atoms with Crippen molar-refractivity contribution in [1.82, 2.24) is 10.2 Å². The molecule has 2 aromatic rings. The molecule has 0 bridgehead atoms. The van der Waals surface area contributed by atoms with Gasteiger partial charge in [0.05, 0.1) is 11.9 Å². The van der Waals surface area contributed by atoms with E-state index in [2.05, 4.69) is 5.32 Å². The number of hydrogen-bond donors (Lipinski definition) is 1. The fraction of sp³-hybridized carbons (Fsp3) is 0.417. The van der Waals surface area contributed by atoms with Crippen molar-refractivity contribution < 1.29 is 27.5 Å². The third-order valence-electron chi connectivity index (χ3n) is 5.60. The van der Waals surface area contributed by atoms with Crippen LogP contribution >= 0.6 is 23.2 Å². The van der Waals surface area contributed by atoms with Gasteiger partial charge in [0.2, 0.25) is 21.8 Å². The van der Waals surface area contributed by atoms with Gasteiger partial charge in [-0.05, 0) is 37.6 Å². The van der Waals surface area contributed by atoms with E-state index in [4.69, 9.17) is 32.7 Å². The van der Waals surface area contributed by atoms with E-state index in [0.29, 0.717) is 53.3 Å². The van der Waals surface area contributed by atoms with Crippen molar-refractivity contribution in [2.75, 3.05) is 36.9 Å². The lowest BCUT2D eigenvalue weighted by Gasteiger charge is -2.32. The molecular weight excluding hydrogens is 529 g/mol. The van der Waals surface area contributed by atoms with E-state index < -0.39 is 28.5 Å². The molecule has 0 fully saturated rings. The van der Waals surface area contributed by atoms with E-state index in [-0.39, 0.29) is 18.1 Å². The SMILES string of the molecule is CCCNC(=O)[C@H](C)N(Cc1c(Cl)cccc1Cl)C(=O)CN(c1ccc2c(c1)OCCO2)S(C)(=O)=O. The number of hydrogen-bond acceptors (Lipinski definition) is 6. The number of carbonyl (C=O) groups excluding carboxylic acids is 2. The van der Waals surface area contributed by atoms with Crippen LogP contribution in [0.1, 0.15) is 25.8 Å². The second kappa shape index (κ2) is 12.0. The van der Waals surface area contributed by atoms with Crippen LogP contribution in [0.3, 0.4) is 0 Å². The third kappa shape index (κ3) is 6.74. The zero-order valence-electron chi connectivity index (χ0n) is 20.3. The highest BCUT2D eigenvalue weighted by Gasteiger charge is 2.31. The number of halogens is 2. The van der Waals surface area contributed by atoms with Gasteiger partial charge >= 0.3 is 0 Å². The summed E-state index contributed by atoms with van der Waals surface area (Å²) in [5, 5.41) is 3.42. The normalized spacial score (nSPS) is 13.6. The quantitative estimate of drug-likeness (QED) is 0.479. The Morgan fingerprint density at radius 3 is 2.33 bits per heavy atom. The van der Waals surface area contributed by atoms with Crippen LogP contribution < -0.4 is 19.1 Å². The Labute approximate surface area is 221 Å². The van der Waals surface area contributed by atoms with Crippen LogP contribution in [-0.4, -0.2) is 63.7 Å². The molecule has 0 saturated carbocycles. The van der Waals surface area contributed by atoms with Gasteiger partial charge in [-0.2, -0.15) is 0 Å². The van der Waals surface area contributed by atoms with Gasteiger partial charge in [0.1, 0.15) is 25.8 Å². The number of benzene rings is 2. The lowest BCUT2D eigenvalue weighted by Crippen LogP contribution is -2.51.